The van der Waals surface area contributed by atoms with Gasteiger partial charge in [0.15, 0.2) is 0 Å². The van der Waals surface area contributed by atoms with Crippen LogP contribution in [0.4, 0.5) is 0 Å². The Morgan fingerprint density at radius 1 is 1.16 bits per heavy atom. The van der Waals surface area contributed by atoms with E-state index in [-0.39, 0.29) is 0 Å². The van der Waals surface area contributed by atoms with Crippen molar-refractivity contribution in [3.05, 3.63) is 65.2 Å². The molecule has 0 aliphatic rings. The third-order valence-corrected chi connectivity index (χ3v) is 2.95. The highest BCUT2D eigenvalue weighted by Crippen LogP contribution is 2.26. The average Bonchev–Trinajstić information content (AvgIpc) is 2.46. The molecule has 0 radical (unpaired) electrons. The summed E-state index contributed by atoms with van der Waals surface area (Å²) in [6, 6.07) is 13.8. The Labute approximate surface area is 111 Å². The van der Waals surface area contributed by atoms with E-state index in [1.165, 1.54) is 0 Å². The Bertz CT molecular complexity index is 578. The number of aliphatic hydroxyl groups excluding tert-OH is 1. The fraction of sp³-hybridized carbons (Fsp3) is 0.133. The number of carbonyl (C=O) groups is 1. The van der Waals surface area contributed by atoms with Crippen molar-refractivity contribution < 1.29 is 14.6 Å². The zero-order chi connectivity index (χ0) is 13.8. The maximum absolute atomic E-state index is 11.3. The molecule has 4 heteroatoms. The Balaban J connectivity index is 2.37. The fourth-order valence-corrected chi connectivity index (χ4v) is 1.93. The number of ether oxygens (including phenoxy) is 1. The lowest BCUT2D eigenvalue weighted by Gasteiger charge is -2.14. The highest BCUT2D eigenvalue weighted by molar-refractivity contribution is 5.94. The number of methoxy groups -OCH3 is 1. The normalized spacial score (nSPS) is 11.9. The number of rotatable bonds is 4. The van der Waals surface area contributed by atoms with E-state index in [0.717, 1.165) is 0 Å². The smallest absolute Gasteiger partial charge is 0.249 e. The molecule has 1 amide bonds. The van der Waals surface area contributed by atoms with E-state index in [1.807, 2.05) is 0 Å². The SMILES string of the molecule is COc1ccc(C(O)c2ccccc2C(N)=O)cc1. The zero-order valence-electron chi connectivity index (χ0n) is 10.5. The summed E-state index contributed by atoms with van der Waals surface area (Å²) in [6.07, 6.45) is -0.894. The summed E-state index contributed by atoms with van der Waals surface area (Å²) in [5, 5.41) is 10.3. The van der Waals surface area contributed by atoms with Gasteiger partial charge in [-0.2, -0.15) is 0 Å². The van der Waals surface area contributed by atoms with E-state index in [0.29, 0.717) is 22.4 Å². The molecule has 19 heavy (non-hydrogen) atoms. The third kappa shape index (κ3) is 2.74. The number of amides is 1. The number of benzene rings is 2. The molecule has 98 valence electrons. The van der Waals surface area contributed by atoms with Crippen LogP contribution >= 0.6 is 0 Å². The van der Waals surface area contributed by atoms with E-state index in [9.17, 15) is 9.90 Å². The molecule has 1 atom stereocenters. The monoisotopic (exact) mass is 257 g/mol. The Morgan fingerprint density at radius 2 is 1.79 bits per heavy atom. The summed E-state index contributed by atoms with van der Waals surface area (Å²) >= 11 is 0. The third-order valence-electron chi connectivity index (χ3n) is 2.95. The maximum Gasteiger partial charge on any atom is 0.249 e. The highest BCUT2D eigenvalue weighted by Gasteiger charge is 2.16. The molecule has 2 aromatic rings. The second-order valence-electron chi connectivity index (χ2n) is 4.13. The summed E-state index contributed by atoms with van der Waals surface area (Å²) < 4.78 is 5.06. The minimum absolute atomic E-state index is 0.325. The van der Waals surface area contributed by atoms with Gasteiger partial charge in [-0.25, -0.2) is 0 Å². The molecule has 0 saturated heterocycles. The van der Waals surface area contributed by atoms with Gasteiger partial charge >= 0.3 is 0 Å². The molecule has 2 aromatic carbocycles. The number of primary amides is 1. The minimum atomic E-state index is -0.894. The van der Waals surface area contributed by atoms with Gasteiger partial charge in [-0.15, -0.1) is 0 Å². The molecule has 1 unspecified atom stereocenters. The first-order valence-electron chi connectivity index (χ1n) is 5.84. The molecule has 4 nitrogen and oxygen atoms in total. The molecule has 0 bridgehead atoms. The lowest BCUT2D eigenvalue weighted by atomic mass is 9.96. The van der Waals surface area contributed by atoms with Crippen LogP contribution in [0.15, 0.2) is 48.5 Å². The largest absolute Gasteiger partial charge is 0.497 e. The lowest BCUT2D eigenvalue weighted by Crippen LogP contribution is -2.15. The van der Waals surface area contributed by atoms with Crippen LogP contribution in [-0.2, 0) is 0 Å². The van der Waals surface area contributed by atoms with Crippen molar-refractivity contribution in [3.63, 3.8) is 0 Å². The summed E-state index contributed by atoms with van der Waals surface area (Å²) in [6.45, 7) is 0. The van der Waals surface area contributed by atoms with Gasteiger partial charge in [-0.05, 0) is 29.3 Å². The zero-order valence-corrected chi connectivity index (χ0v) is 10.5. The van der Waals surface area contributed by atoms with Gasteiger partial charge in [0.05, 0.1) is 7.11 Å². The first-order chi connectivity index (χ1) is 9.13. The molecule has 0 aliphatic carbocycles. The molecule has 0 aromatic heterocycles. The van der Waals surface area contributed by atoms with Crippen LogP contribution in [0.5, 0.6) is 5.75 Å². The van der Waals surface area contributed by atoms with Crippen molar-refractivity contribution in [1.29, 1.82) is 0 Å². The molecule has 0 fully saturated rings. The van der Waals surface area contributed by atoms with Crippen molar-refractivity contribution >= 4 is 5.91 Å². The van der Waals surface area contributed by atoms with Gasteiger partial charge in [-0.3, -0.25) is 4.79 Å². The molecule has 2 rings (SSSR count). The number of hydrogen-bond acceptors (Lipinski definition) is 3. The molecular formula is C15H15NO3. The van der Waals surface area contributed by atoms with Crippen molar-refractivity contribution in [2.45, 2.75) is 6.10 Å². The Morgan fingerprint density at radius 3 is 2.37 bits per heavy atom. The topological polar surface area (TPSA) is 72.6 Å². The van der Waals surface area contributed by atoms with E-state index >= 15 is 0 Å². The summed E-state index contributed by atoms with van der Waals surface area (Å²) in [5.74, 6) is 0.155. The van der Waals surface area contributed by atoms with Crippen LogP contribution in [0.25, 0.3) is 0 Å². The molecule has 0 heterocycles. The first kappa shape index (κ1) is 13.1. The van der Waals surface area contributed by atoms with Gasteiger partial charge < -0.3 is 15.6 Å². The summed E-state index contributed by atoms with van der Waals surface area (Å²) in [5.41, 5.74) is 6.81. The van der Waals surface area contributed by atoms with Crippen molar-refractivity contribution in [3.8, 4) is 5.75 Å². The van der Waals surface area contributed by atoms with E-state index in [1.54, 1.807) is 55.6 Å². The number of aliphatic hydroxyl groups is 1. The summed E-state index contributed by atoms with van der Waals surface area (Å²) in [4.78, 5) is 11.3. The fourth-order valence-electron chi connectivity index (χ4n) is 1.93. The Kier molecular flexibility index (Phi) is 3.82. The predicted molar refractivity (Wildman–Crippen MR) is 72.0 cm³/mol. The van der Waals surface area contributed by atoms with Crippen LogP contribution in [0.1, 0.15) is 27.6 Å². The quantitative estimate of drug-likeness (QED) is 0.878. The van der Waals surface area contributed by atoms with Crippen molar-refractivity contribution in [2.24, 2.45) is 5.73 Å². The lowest BCUT2D eigenvalue weighted by molar-refractivity contribution is 0.0995. The number of hydrogen-bond donors (Lipinski definition) is 2. The second kappa shape index (κ2) is 5.54. The van der Waals surface area contributed by atoms with Gasteiger partial charge in [-0.1, -0.05) is 30.3 Å². The van der Waals surface area contributed by atoms with Crippen molar-refractivity contribution in [1.82, 2.24) is 0 Å². The first-order valence-corrected chi connectivity index (χ1v) is 5.84. The Hall–Kier alpha value is -2.33. The van der Waals surface area contributed by atoms with Gasteiger partial charge in [0.25, 0.3) is 0 Å². The van der Waals surface area contributed by atoms with Crippen molar-refractivity contribution in [2.75, 3.05) is 7.11 Å². The standard InChI is InChI=1S/C15H15NO3/c1-19-11-8-6-10(7-9-11)14(17)12-4-2-3-5-13(12)15(16)18/h2-9,14,17H,1H3,(H2,16,18). The number of carbonyl (C=O) groups excluding carboxylic acids is 1. The highest BCUT2D eigenvalue weighted by atomic mass is 16.5. The average molecular weight is 257 g/mol. The van der Waals surface area contributed by atoms with Crippen LogP contribution in [0, 0.1) is 0 Å². The van der Waals surface area contributed by atoms with Crippen LogP contribution in [0.3, 0.4) is 0 Å². The maximum atomic E-state index is 11.3. The molecule has 0 saturated carbocycles. The predicted octanol–water partition coefficient (Wildman–Crippen LogP) is 1.88. The minimum Gasteiger partial charge on any atom is -0.497 e. The number of nitrogens with two attached hydrogens (primary N) is 1. The van der Waals surface area contributed by atoms with Gasteiger partial charge in [0.2, 0.25) is 5.91 Å². The molecule has 3 N–H and O–H groups in total. The van der Waals surface area contributed by atoms with Gasteiger partial charge in [0.1, 0.15) is 11.9 Å². The molecular weight excluding hydrogens is 242 g/mol. The van der Waals surface area contributed by atoms with Crippen LogP contribution in [-0.4, -0.2) is 18.1 Å². The van der Waals surface area contributed by atoms with Crippen LogP contribution in [0.2, 0.25) is 0 Å². The van der Waals surface area contributed by atoms with E-state index in [4.69, 9.17) is 10.5 Å². The molecule has 0 aliphatic heterocycles. The van der Waals surface area contributed by atoms with Gasteiger partial charge in [0, 0.05) is 5.56 Å². The molecule has 0 spiro atoms. The van der Waals surface area contributed by atoms with E-state index < -0.39 is 12.0 Å². The van der Waals surface area contributed by atoms with Crippen LogP contribution < -0.4 is 10.5 Å². The van der Waals surface area contributed by atoms with E-state index in [2.05, 4.69) is 0 Å². The second-order valence-corrected chi connectivity index (χ2v) is 4.13. The summed E-state index contributed by atoms with van der Waals surface area (Å²) in [7, 11) is 1.58.